The molecule has 0 N–H and O–H groups in total. The third-order valence-electron chi connectivity index (χ3n) is 4.46. The Morgan fingerprint density at radius 2 is 2.14 bits per heavy atom. The van der Waals surface area contributed by atoms with Crippen LogP contribution in [0.3, 0.4) is 0 Å². The van der Waals surface area contributed by atoms with Gasteiger partial charge in [-0.15, -0.1) is 0 Å². The van der Waals surface area contributed by atoms with E-state index in [4.69, 9.17) is 21.1 Å². The average molecular weight is 510 g/mol. The number of aromatic nitrogens is 3. The van der Waals surface area contributed by atoms with Gasteiger partial charge in [0.15, 0.2) is 0 Å². The molecular weight excluding hydrogens is 493 g/mol. The summed E-state index contributed by atoms with van der Waals surface area (Å²) < 4.78 is 12.8. The highest BCUT2D eigenvalue weighted by Gasteiger charge is 2.51. The Labute approximate surface area is 180 Å². The summed E-state index contributed by atoms with van der Waals surface area (Å²) in [6.07, 6.45) is 4.93. The Hall–Kier alpha value is -1.84. The number of benzene rings is 1. The zero-order valence-corrected chi connectivity index (χ0v) is 18.0. The van der Waals surface area contributed by atoms with Gasteiger partial charge in [-0.05, 0) is 78.2 Å². The topological polar surface area (TPSA) is 74.2 Å². The molecule has 1 aromatic carbocycles. The van der Waals surface area contributed by atoms with Crippen molar-refractivity contribution in [2.45, 2.75) is 31.5 Å². The lowest BCUT2D eigenvalue weighted by Gasteiger charge is -2.32. The van der Waals surface area contributed by atoms with E-state index in [-0.39, 0.29) is 18.0 Å². The molecule has 2 heterocycles. The minimum Gasteiger partial charge on any atom is -0.463 e. The smallest absolute Gasteiger partial charge is 0.349 e. The number of rotatable bonds is 6. The summed E-state index contributed by atoms with van der Waals surface area (Å²) in [4.78, 5) is 26.4. The molecule has 0 saturated heterocycles. The van der Waals surface area contributed by atoms with Crippen molar-refractivity contribution in [3.63, 3.8) is 0 Å². The van der Waals surface area contributed by atoms with E-state index in [1.807, 2.05) is 18.2 Å². The van der Waals surface area contributed by atoms with Crippen molar-refractivity contribution in [3.8, 4) is 0 Å². The molecule has 0 amide bonds. The molecule has 0 bridgehead atoms. The van der Waals surface area contributed by atoms with Gasteiger partial charge in [-0.2, -0.15) is 0 Å². The molecule has 3 aromatic rings. The first-order chi connectivity index (χ1) is 13.5. The Bertz CT molecular complexity index is 1030. The number of carbonyl (C=O) groups is 1. The van der Waals surface area contributed by atoms with Crippen LogP contribution in [-0.2, 0) is 19.9 Å². The molecule has 1 aliphatic carbocycles. The first-order valence-corrected chi connectivity index (χ1v) is 10.4. The molecule has 28 heavy (non-hydrogen) atoms. The SMILES string of the molecule is CCOC(=O)C(OC1CC1)(c1cccnc1)c1nc(Cl)nc2ccc(I)cc12. The number of ether oxygens (including phenoxy) is 2. The lowest BCUT2D eigenvalue weighted by atomic mass is 9.88. The summed E-state index contributed by atoms with van der Waals surface area (Å²) >= 11 is 8.45. The lowest BCUT2D eigenvalue weighted by Crippen LogP contribution is -2.43. The predicted octanol–water partition coefficient (Wildman–Crippen LogP) is 4.27. The summed E-state index contributed by atoms with van der Waals surface area (Å²) in [6, 6.07) is 9.25. The van der Waals surface area contributed by atoms with Crippen LogP contribution in [0.1, 0.15) is 31.0 Å². The van der Waals surface area contributed by atoms with Crippen LogP contribution in [0, 0.1) is 3.57 Å². The molecule has 1 fully saturated rings. The number of fused-ring (bicyclic) bond motifs is 1. The Morgan fingerprint density at radius 1 is 1.32 bits per heavy atom. The van der Waals surface area contributed by atoms with Crippen LogP contribution in [0.4, 0.5) is 0 Å². The van der Waals surface area contributed by atoms with Crippen LogP contribution in [0.2, 0.25) is 5.28 Å². The number of carbonyl (C=O) groups excluding carboxylic acids is 1. The Balaban J connectivity index is 2.06. The molecule has 0 aliphatic heterocycles. The zero-order chi connectivity index (χ0) is 19.7. The van der Waals surface area contributed by atoms with Gasteiger partial charge >= 0.3 is 5.97 Å². The van der Waals surface area contributed by atoms with E-state index in [1.165, 1.54) is 0 Å². The molecule has 1 atom stereocenters. The quantitative estimate of drug-likeness (QED) is 0.281. The molecular formula is C20H17ClIN3O3. The van der Waals surface area contributed by atoms with Crippen molar-refractivity contribution in [2.75, 3.05) is 6.61 Å². The fraction of sp³-hybridized carbons (Fsp3) is 0.300. The Kier molecular flexibility index (Phi) is 5.48. The summed E-state index contributed by atoms with van der Waals surface area (Å²) in [6.45, 7) is 1.97. The van der Waals surface area contributed by atoms with E-state index in [0.717, 1.165) is 16.4 Å². The van der Waals surface area contributed by atoms with E-state index in [1.54, 1.807) is 31.5 Å². The predicted molar refractivity (Wildman–Crippen MR) is 113 cm³/mol. The van der Waals surface area contributed by atoms with Gasteiger partial charge in [0.25, 0.3) is 0 Å². The van der Waals surface area contributed by atoms with Crippen LogP contribution in [0.15, 0.2) is 42.7 Å². The number of nitrogens with zero attached hydrogens (tertiary/aromatic N) is 3. The molecule has 4 rings (SSSR count). The fourth-order valence-corrected chi connectivity index (χ4v) is 3.77. The molecule has 144 valence electrons. The van der Waals surface area contributed by atoms with Gasteiger partial charge in [0.2, 0.25) is 10.9 Å². The zero-order valence-electron chi connectivity index (χ0n) is 15.1. The first-order valence-electron chi connectivity index (χ1n) is 8.93. The summed E-state index contributed by atoms with van der Waals surface area (Å²) in [5, 5.41) is 0.731. The highest BCUT2D eigenvalue weighted by atomic mass is 127. The molecule has 0 spiro atoms. The standard InChI is InChI=1S/C20H17ClIN3O3/c1-2-27-18(26)20(28-14-6-7-14,12-4-3-9-23-11-12)17-15-10-13(22)5-8-16(15)24-19(21)25-17/h3-5,8-11,14H,2,6-7H2,1H3. The highest BCUT2D eigenvalue weighted by Crippen LogP contribution is 2.43. The van der Waals surface area contributed by atoms with Crippen molar-refractivity contribution in [2.24, 2.45) is 0 Å². The van der Waals surface area contributed by atoms with Crippen molar-refractivity contribution in [1.29, 1.82) is 0 Å². The molecule has 1 aliphatic rings. The highest BCUT2D eigenvalue weighted by molar-refractivity contribution is 14.1. The number of pyridine rings is 1. The van der Waals surface area contributed by atoms with E-state index in [2.05, 4.69) is 37.5 Å². The van der Waals surface area contributed by atoms with Gasteiger partial charge in [-0.25, -0.2) is 14.8 Å². The maximum Gasteiger partial charge on any atom is 0.349 e. The second kappa shape index (κ2) is 7.88. The molecule has 8 heteroatoms. The van der Waals surface area contributed by atoms with Gasteiger partial charge in [0.05, 0.1) is 18.2 Å². The van der Waals surface area contributed by atoms with Crippen molar-refractivity contribution in [1.82, 2.24) is 15.0 Å². The number of halogens is 2. The molecule has 1 saturated carbocycles. The van der Waals surface area contributed by atoms with E-state index < -0.39 is 11.6 Å². The number of hydrogen-bond donors (Lipinski definition) is 0. The molecule has 0 radical (unpaired) electrons. The average Bonchev–Trinajstić information content (AvgIpc) is 3.51. The van der Waals surface area contributed by atoms with Gasteiger partial charge in [0.1, 0.15) is 5.69 Å². The lowest BCUT2D eigenvalue weighted by molar-refractivity contribution is -0.170. The van der Waals surface area contributed by atoms with E-state index in [0.29, 0.717) is 22.2 Å². The monoisotopic (exact) mass is 509 g/mol. The third-order valence-corrected chi connectivity index (χ3v) is 5.30. The molecule has 6 nitrogen and oxygen atoms in total. The van der Waals surface area contributed by atoms with Crippen LogP contribution in [0.25, 0.3) is 10.9 Å². The summed E-state index contributed by atoms with van der Waals surface area (Å²) in [5.41, 5.74) is -0.0113. The van der Waals surface area contributed by atoms with Crippen LogP contribution < -0.4 is 0 Å². The minimum absolute atomic E-state index is 0.0423. The van der Waals surface area contributed by atoms with Crippen LogP contribution >= 0.6 is 34.2 Å². The van der Waals surface area contributed by atoms with E-state index in [9.17, 15) is 4.79 Å². The van der Waals surface area contributed by atoms with Gasteiger partial charge < -0.3 is 9.47 Å². The van der Waals surface area contributed by atoms with Gasteiger partial charge in [0, 0.05) is 26.9 Å². The van der Waals surface area contributed by atoms with Crippen molar-refractivity contribution < 1.29 is 14.3 Å². The maximum atomic E-state index is 13.4. The Morgan fingerprint density at radius 3 is 2.82 bits per heavy atom. The van der Waals surface area contributed by atoms with Crippen LogP contribution in [0.5, 0.6) is 0 Å². The van der Waals surface area contributed by atoms with Crippen molar-refractivity contribution in [3.05, 3.63) is 62.8 Å². The van der Waals surface area contributed by atoms with Gasteiger partial charge in [-0.1, -0.05) is 6.07 Å². The third kappa shape index (κ3) is 3.58. The fourth-order valence-electron chi connectivity index (χ4n) is 3.10. The number of hydrogen-bond acceptors (Lipinski definition) is 6. The summed E-state index contributed by atoms with van der Waals surface area (Å²) in [7, 11) is 0. The van der Waals surface area contributed by atoms with Crippen LogP contribution in [-0.4, -0.2) is 33.6 Å². The first kappa shape index (κ1) is 19.5. The molecule has 2 aromatic heterocycles. The maximum absolute atomic E-state index is 13.4. The number of esters is 1. The van der Waals surface area contributed by atoms with E-state index >= 15 is 0 Å². The van der Waals surface area contributed by atoms with Crippen molar-refractivity contribution >= 4 is 51.1 Å². The normalized spacial score (nSPS) is 16.0. The minimum atomic E-state index is -1.57. The summed E-state index contributed by atoms with van der Waals surface area (Å²) in [5.74, 6) is -0.537. The largest absolute Gasteiger partial charge is 0.463 e. The second-order valence-corrected chi connectivity index (χ2v) is 8.05. The second-order valence-electron chi connectivity index (χ2n) is 6.46. The molecule has 1 unspecified atom stereocenters. The van der Waals surface area contributed by atoms with Gasteiger partial charge in [-0.3, -0.25) is 4.98 Å².